The molecule has 2 heteroatoms. The SMILES string of the molecule is CCOCC(NCc1cccc2ccccc12)C(C)C. The van der Waals surface area contributed by atoms with Crippen molar-refractivity contribution in [3.63, 3.8) is 0 Å². The van der Waals surface area contributed by atoms with Crippen molar-refractivity contribution in [1.82, 2.24) is 5.32 Å². The van der Waals surface area contributed by atoms with Gasteiger partial charge in [0.25, 0.3) is 0 Å². The lowest BCUT2D eigenvalue weighted by molar-refractivity contribution is 0.108. The molecule has 2 rings (SSSR count). The lowest BCUT2D eigenvalue weighted by Gasteiger charge is -2.22. The van der Waals surface area contributed by atoms with Gasteiger partial charge >= 0.3 is 0 Å². The molecule has 2 aromatic carbocycles. The molecule has 1 atom stereocenters. The molecule has 0 saturated heterocycles. The average molecular weight is 271 g/mol. The van der Waals surface area contributed by atoms with Crippen LogP contribution in [0.2, 0.25) is 0 Å². The van der Waals surface area contributed by atoms with Crippen LogP contribution in [0.5, 0.6) is 0 Å². The standard InChI is InChI=1S/C18H25NO/c1-4-20-13-18(14(2)3)19-12-16-10-7-9-15-8-5-6-11-17(15)16/h5-11,14,18-19H,4,12-13H2,1-3H3. The molecule has 0 radical (unpaired) electrons. The van der Waals surface area contributed by atoms with Crippen LogP contribution in [0.25, 0.3) is 10.8 Å². The zero-order chi connectivity index (χ0) is 14.4. The molecule has 0 amide bonds. The second kappa shape index (κ2) is 7.41. The predicted molar refractivity (Wildman–Crippen MR) is 85.9 cm³/mol. The smallest absolute Gasteiger partial charge is 0.0622 e. The van der Waals surface area contributed by atoms with Crippen LogP contribution in [0.3, 0.4) is 0 Å². The number of ether oxygens (including phenoxy) is 1. The summed E-state index contributed by atoms with van der Waals surface area (Å²) >= 11 is 0. The van der Waals surface area contributed by atoms with Gasteiger partial charge in [0.05, 0.1) is 6.61 Å². The Kier molecular flexibility index (Phi) is 5.57. The van der Waals surface area contributed by atoms with Gasteiger partial charge in [-0.25, -0.2) is 0 Å². The van der Waals surface area contributed by atoms with Gasteiger partial charge in [-0.05, 0) is 29.2 Å². The van der Waals surface area contributed by atoms with E-state index in [9.17, 15) is 0 Å². The molecule has 0 aliphatic carbocycles. The minimum atomic E-state index is 0.397. The lowest BCUT2D eigenvalue weighted by atomic mass is 10.0. The first-order valence-electron chi connectivity index (χ1n) is 7.50. The highest BCUT2D eigenvalue weighted by Gasteiger charge is 2.13. The van der Waals surface area contributed by atoms with Crippen LogP contribution in [0.4, 0.5) is 0 Å². The van der Waals surface area contributed by atoms with Gasteiger partial charge in [-0.15, -0.1) is 0 Å². The fourth-order valence-corrected chi connectivity index (χ4v) is 2.42. The monoisotopic (exact) mass is 271 g/mol. The molecule has 20 heavy (non-hydrogen) atoms. The zero-order valence-electron chi connectivity index (χ0n) is 12.7. The number of nitrogens with one attached hydrogen (secondary N) is 1. The van der Waals surface area contributed by atoms with E-state index in [1.54, 1.807) is 0 Å². The molecule has 108 valence electrons. The third kappa shape index (κ3) is 3.81. The summed E-state index contributed by atoms with van der Waals surface area (Å²) in [5.41, 5.74) is 1.35. The van der Waals surface area contributed by atoms with E-state index in [1.165, 1.54) is 16.3 Å². The molecule has 0 bridgehead atoms. The first-order chi connectivity index (χ1) is 9.72. The van der Waals surface area contributed by atoms with Crippen LogP contribution in [-0.4, -0.2) is 19.3 Å². The number of fused-ring (bicyclic) bond motifs is 1. The predicted octanol–water partition coefficient (Wildman–Crippen LogP) is 3.99. The van der Waals surface area contributed by atoms with Crippen LogP contribution in [0.15, 0.2) is 42.5 Å². The second-order valence-corrected chi connectivity index (χ2v) is 5.53. The minimum absolute atomic E-state index is 0.397. The summed E-state index contributed by atoms with van der Waals surface area (Å²) in [4.78, 5) is 0. The maximum Gasteiger partial charge on any atom is 0.0622 e. The summed E-state index contributed by atoms with van der Waals surface area (Å²) in [6.07, 6.45) is 0. The molecule has 2 aromatic rings. The van der Waals surface area contributed by atoms with Crippen molar-refractivity contribution >= 4 is 10.8 Å². The molecule has 1 unspecified atom stereocenters. The first kappa shape index (κ1) is 15.0. The van der Waals surface area contributed by atoms with E-state index >= 15 is 0 Å². The van der Waals surface area contributed by atoms with Gasteiger partial charge in [-0.3, -0.25) is 0 Å². The normalized spacial score (nSPS) is 13.0. The molecule has 0 aliphatic heterocycles. The summed E-state index contributed by atoms with van der Waals surface area (Å²) < 4.78 is 5.57. The molecule has 0 fully saturated rings. The lowest BCUT2D eigenvalue weighted by Crippen LogP contribution is -2.37. The highest BCUT2D eigenvalue weighted by Crippen LogP contribution is 2.18. The van der Waals surface area contributed by atoms with Crippen molar-refractivity contribution in [1.29, 1.82) is 0 Å². The average Bonchev–Trinajstić information content (AvgIpc) is 2.47. The summed E-state index contributed by atoms with van der Waals surface area (Å²) in [5.74, 6) is 0.566. The molecule has 2 nitrogen and oxygen atoms in total. The number of hydrogen-bond donors (Lipinski definition) is 1. The van der Waals surface area contributed by atoms with E-state index in [1.807, 2.05) is 6.92 Å². The summed E-state index contributed by atoms with van der Waals surface area (Å²) in [6.45, 7) is 8.96. The Morgan fingerprint density at radius 1 is 1.05 bits per heavy atom. The van der Waals surface area contributed by atoms with Crippen molar-refractivity contribution < 1.29 is 4.74 Å². The molecule has 0 heterocycles. The van der Waals surface area contributed by atoms with Crippen LogP contribution in [0.1, 0.15) is 26.3 Å². The van der Waals surface area contributed by atoms with Gasteiger partial charge < -0.3 is 10.1 Å². The maximum absolute atomic E-state index is 5.57. The van der Waals surface area contributed by atoms with Crippen molar-refractivity contribution in [3.05, 3.63) is 48.0 Å². The van der Waals surface area contributed by atoms with E-state index in [4.69, 9.17) is 4.74 Å². The Labute approximate surface area is 122 Å². The maximum atomic E-state index is 5.57. The number of hydrogen-bond acceptors (Lipinski definition) is 2. The largest absolute Gasteiger partial charge is 0.380 e. The van der Waals surface area contributed by atoms with Gasteiger partial charge in [-0.1, -0.05) is 56.3 Å². The van der Waals surface area contributed by atoms with Crippen LogP contribution >= 0.6 is 0 Å². The molecule has 0 spiro atoms. The van der Waals surface area contributed by atoms with Gasteiger partial charge in [0.1, 0.15) is 0 Å². The highest BCUT2D eigenvalue weighted by molar-refractivity contribution is 5.85. The topological polar surface area (TPSA) is 21.3 Å². The Hall–Kier alpha value is -1.38. The van der Waals surface area contributed by atoms with Crippen LogP contribution in [0, 0.1) is 5.92 Å². The quantitative estimate of drug-likeness (QED) is 0.822. The number of benzene rings is 2. The first-order valence-corrected chi connectivity index (χ1v) is 7.50. The zero-order valence-corrected chi connectivity index (χ0v) is 12.7. The Morgan fingerprint density at radius 2 is 1.80 bits per heavy atom. The molecule has 0 saturated carbocycles. The van der Waals surface area contributed by atoms with Crippen molar-refractivity contribution in [2.24, 2.45) is 5.92 Å². The summed E-state index contributed by atoms with van der Waals surface area (Å²) in [6, 6.07) is 15.4. The van der Waals surface area contributed by atoms with Crippen molar-refractivity contribution in [3.8, 4) is 0 Å². The fourth-order valence-electron chi connectivity index (χ4n) is 2.42. The van der Waals surface area contributed by atoms with Gasteiger partial charge in [-0.2, -0.15) is 0 Å². The molecule has 0 aromatic heterocycles. The van der Waals surface area contributed by atoms with Crippen molar-refractivity contribution in [2.45, 2.75) is 33.4 Å². The van der Waals surface area contributed by atoms with E-state index in [0.717, 1.165) is 19.8 Å². The van der Waals surface area contributed by atoms with Gasteiger partial charge in [0.15, 0.2) is 0 Å². The summed E-state index contributed by atoms with van der Waals surface area (Å²) in [5, 5.41) is 6.28. The third-order valence-electron chi connectivity index (χ3n) is 3.74. The van der Waals surface area contributed by atoms with Gasteiger partial charge in [0, 0.05) is 19.2 Å². The summed E-state index contributed by atoms with van der Waals surface area (Å²) in [7, 11) is 0. The van der Waals surface area contributed by atoms with Crippen LogP contribution in [-0.2, 0) is 11.3 Å². The Balaban J connectivity index is 2.07. The van der Waals surface area contributed by atoms with Crippen molar-refractivity contribution in [2.75, 3.05) is 13.2 Å². The number of rotatable bonds is 7. The van der Waals surface area contributed by atoms with E-state index in [0.29, 0.717) is 12.0 Å². The third-order valence-corrected chi connectivity index (χ3v) is 3.74. The molecular formula is C18H25NO. The Bertz CT molecular complexity index is 530. The van der Waals surface area contributed by atoms with E-state index in [-0.39, 0.29) is 0 Å². The van der Waals surface area contributed by atoms with Gasteiger partial charge in [0.2, 0.25) is 0 Å². The molecule has 1 N–H and O–H groups in total. The molecule has 0 aliphatic rings. The Morgan fingerprint density at radius 3 is 2.55 bits per heavy atom. The fraction of sp³-hybridized carbons (Fsp3) is 0.444. The molecular weight excluding hydrogens is 246 g/mol. The second-order valence-electron chi connectivity index (χ2n) is 5.53. The van der Waals surface area contributed by atoms with E-state index in [2.05, 4.69) is 61.6 Å². The minimum Gasteiger partial charge on any atom is -0.380 e. The van der Waals surface area contributed by atoms with Crippen LogP contribution < -0.4 is 5.32 Å². The van der Waals surface area contributed by atoms with E-state index < -0.39 is 0 Å². The highest BCUT2D eigenvalue weighted by atomic mass is 16.5.